The minimum Gasteiger partial charge on any atom is -0.508 e. The average molecular weight is 231 g/mol. The number of hydrogen-bond donors (Lipinski definition) is 2. The molecule has 0 spiro atoms. The molecule has 1 fully saturated rings. The van der Waals surface area contributed by atoms with E-state index >= 15 is 0 Å². The van der Waals surface area contributed by atoms with Crippen molar-refractivity contribution < 1.29 is 5.11 Å². The fourth-order valence-corrected chi connectivity index (χ4v) is 2.29. The molecule has 90 valence electrons. The van der Waals surface area contributed by atoms with Gasteiger partial charge in [-0.1, -0.05) is 18.2 Å². The molecule has 17 heavy (non-hydrogen) atoms. The molecule has 0 amide bonds. The van der Waals surface area contributed by atoms with Crippen molar-refractivity contribution >= 4 is 0 Å². The minimum absolute atomic E-state index is 0.00306. The zero-order valence-corrected chi connectivity index (χ0v) is 9.76. The van der Waals surface area contributed by atoms with Gasteiger partial charge in [0.2, 0.25) is 0 Å². The van der Waals surface area contributed by atoms with Gasteiger partial charge in [-0.2, -0.15) is 5.26 Å². The van der Waals surface area contributed by atoms with Crippen molar-refractivity contribution in [1.82, 2.24) is 10.2 Å². The number of para-hydroxylation sites is 1. The van der Waals surface area contributed by atoms with Crippen LogP contribution < -0.4 is 5.32 Å². The lowest BCUT2D eigenvalue weighted by molar-refractivity contribution is 0.173. The number of benzene rings is 1. The third-order valence-corrected chi connectivity index (χ3v) is 3.17. The second kappa shape index (κ2) is 5.67. The normalized spacial score (nSPS) is 18.5. The molecule has 1 aliphatic heterocycles. The number of piperazine rings is 1. The number of nitrogens with zero attached hydrogens (tertiary/aromatic N) is 2. The molecule has 0 aromatic heterocycles. The highest BCUT2D eigenvalue weighted by Crippen LogP contribution is 2.30. The van der Waals surface area contributed by atoms with E-state index in [1.807, 2.05) is 12.1 Å². The van der Waals surface area contributed by atoms with Gasteiger partial charge in [0.25, 0.3) is 0 Å². The summed E-state index contributed by atoms with van der Waals surface area (Å²) in [5.74, 6) is 0.284. The molecular formula is C13H17N3O. The van der Waals surface area contributed by atoms with E-state index in [1.54, 1.807) is 12.1 Å². The van der Waals surface area contributed by atoms with Gasteiger partial charge in [-0.05, 0) is 6.07 Å². The lowest BCUT2D eigenvalue weighted by Gasteiger charge is -2.34. The Morgan fingerprint density at radius 3 is 2.71 bits per heavy atom. The van der Waals surface area contributed by atoms with Crippen molar-refractivity contribution in [3.8, 4) is 11.8 Å². The molecule has 0 bridgehead atoms. The van der Waals surface area contributed by atoms with Crippen LogP contribution in [0.5, 0.6) is 5.75 Å². The maximum Gasteiger partial charge on any atom is 0.120 e. The Morgan fingerprint density at radius 1 is 1.35 bits per heavy atom. The Balaban J connectivity index is 2.22. The maximum absolute atomic E-state index is 9.89. The molecule has 4 heteroatoms. The second-order valence-corrected chi connectivity index (χ2v) is 4.22. The summed E-state index contributed by atoms with van der Waals surface area (Å²) in [5, 5.41) is 22.1. The number of phenols is 1. The van der Waals surface area contributed by atoms with Gasteiger partial charge in [0.1, 0.15) is 5.75 Å². The Hall–Kier alpha value is -1.57. The predicted octanol–water partition coefficient (Wildman–Crippen LogP) is 1.25. The van der Waals surface area contributed by atoms with Gasteiger partial charge >= 0.3 is 0 Å². The highest BCUT2D eigenvalue weighted by Gasteiger charge is 2.23. The molecule has 0 aliphatic carbocycles. The Bertz CT molecular complexity index is 407. The summed E-state index contributed by atoms with van der Waals surface area (Å²) in [6, 6.07) is 9.52. The fourth-order valence-electron chi connectivity index (χ4n) is 2.29. The zero-order chi connectivity index (χ0) is 12.1. The van der Waals surface area contributed by atoms with Crippen LogP contribution >= 0.6 is 0 Å². The first-order valence-electron chi connectivity index (χ1n) is 5.92. The van der Waals surface area contributed by atoms with Gasteiger partial charge in [0, 0.05) is 31.7 Å². The summed E-state index contributed by atoms with van der Waals surface area (Å²) in [4.78, 5) is 2.26. The summed E-state index contributed by atoms with van der Waals surface area (Å²) < 4.78 is 0. The van der Waals surface area contributed by atoms with E-state index < -0.39 is 0 Å². The molecule has 0 radical (unpaired) electrons. The largest absolute Gasteiger partial charge is 0.508 e. The van der Waals surface area contributed by atoms with Crippen LogP contribution in [0.4, 0.5) is 0 Å². The third kappa shape index (κ3) is 2.76. The molecular weight excluding hydrogens is 214 g/mol. The molecule has 4 nitrogen and oxygen atoms in total. The monoisotopic (exact) mass is 231 g/mol. The quantitative estimate of drug-likeness (QED) is 0.822. The lowest BCUT2D eigenvalue weighted by Crippen LogP contribution is -2.45. The van der Waals surface area contributed by atoms with Gasteiger partial charge in [0.05, 0.1) is 18.5 Å². The van der Waals surface area contributed by atoms with Gasteiger partial charge in [0.15, 0.2) is 0 Å². The van der Waals surface area contributed by atoms with E-state index in [0.29, 0.717) is 6.42 Å². The van der Waals surface area contributed by atoms with E-state index in [9.17, 15) is 5.11 Å². The number of hydrogen-bond acceptors (Lipinski definition) is 4. The predicted molar refractivity (Wildman–Crippen MR) is 65.5 cm³/mol. The van der Waals surface area contributed by atoms with Gasteiger partial charge in [-0.3, -0.25) is 4.90 Å². The molecule has 1 aromatic rings. The van der Waals surface area contributed by atoms with Crippen LogP contribution in [0.25, 0.3) is 0 Å². The number of nitriles is 1. The third-order valence-electron chi connectivity index (χ3n) is 3.17. The average Bonchev–Trinajstić information content (AvgIpc) is 2.38. The van der Waals surface area contributed by atoms with Crippen LogP contribution in [-0.2, 0) is 0 Å². The summed E-state index contributed by atoms with van der Waals surface area (Å²) in [5.41, 5.74) is 0.857. The summed E-state index contributed by atoms with van der Waals surface area (Å²) in [6.07, 6.45) is 0.414. The molecule has 1 atom stereocenters. The maximum atomic E-state index is 9.89. The van der Waals surface area contributed by atoms with Crippen molar-refractivity contribution in [1.29, 1.82) is 5.26 Å². The number of rotatable bonds is 3. The van der Waals surface area contributed by atoms with E-state index in [0.717, 1.165) is 31.7 Å². The first kappa shape index (κ1) is 11.9. The fraction of sp³-hybridized carbons (Fsp3) is 0.462. The van der Waals surface area contributed by atoms with Crippen LogP contribution in [0.15, 0.2) is 24.3 Å². The first-order chi connectivity index (χ1) is 8.33. The lowest BCUT2D eigenvalue weighted by atomic mass is 10.0. The Kier molecular flexibility index (Phi) is 3.97. The Morgan fingerprint density at radius 2 is 2.06 bits per heavy atom. The van der Waals surface area contributed by atoms with Crippen LogP contribution in [-0.4, -0.2) is 36.2 Å². The highest BCUT2D eigenvalue weighted by atomic mass is 16.3. The van der Waals surface area contributed by atoms with E-state index in [4.69, 9.17) is 5.26 Å². The van der Waals surface area contributed by atoms with Crippen LogP contribution in [0, 0.1) is 11.3 Å². The zero-order valence-electron chi connectivity index (χ0n) is 9.76. The molecule has 0 unspecified atom stereocenters. The summed E-state index contributed by atoms with van der Waals surface area (Å²) in [7, 11) is 0. The molecule has 1 aromatic carbocycles. The van der Waals surface area contributed by atoms with Gasteiger partial charge < -0.3 is 10.4 Å². The van der Waals surface area contributed by atoms with Crippen LogP contribution in [0.2, 0.25) is 0 Å². The molecule has 1 aliphatic rings. The SMILES string of the molecule is N#CC[C@H](c1ccccc1O)N1CCNCC1. The van der Waals surface area contributed by atoms with Crippen molar-refractivity contribution in [2.24, 2.45) is 0 Å². The number of nitrogens with one attached hydrogen (secondary N) is 1. The number of aromatic hydroxyl groups is 1. The van der Waals surface area contributed by atoms with E-state index in [2.05, 4.69) is 16.3 Å². The van der Waals surface area contributed by atoms with E-state index in [1.165, 1.54) is 0 Å². The smallest absolute Gasteiger partial charge is 0.120 e. The Labute approximate surface area is 101 Å². The van der Waals surface area contributed by atoms with Crippen LogP contribution in [0.1, 0.15) is 18.0 Å². The van der Waals surface area contributed by atoms with Crippen molar-refractivity contribution in [3.63, 3.8) is 0 Å². The molecule has 0 saturated carbocycles. The van der Waals surface area contributed by atoms with Gasteiger partial charge in [-0.15, -0.1) is 0 Å². The minimum atomic E-state index is 0.00306. The van der Waals surface area contributed by atoms with E-state index in [-0.39, 0.29) is 11.8 Å². The second-order valence-electron chi connectivity index (χ2n) is 4.22. The first-order valence-corrected chi connectivity index (χ1v) is 5.92. The summed E-state index contributed by atoms with van der Waals surface area (Å²) in [6.45, 7) is 3.71. The molecule has 2 rings (SSSR count). The highest BCUT2D eigenvalue weighted by molar-refractivity contribution is 5.35. The molecule has 1 heterocycles. The van der Waals surface area contributed by atoms with Crippen molar-refractivity contribution in [2.75, 3.05) is 26.2 Å². The molecule has 2 N–H and O–H groups in total. The standard InChI is InChI=1S/C13H17N3O/c14-6-5-12(16-9-7-15-8-10-16)11-3-1-2-4-13(11)17/h1-4,12,15,17H,5,7-10H2/t12-/m1/s1. The molecule has 1 saturated heterocycles. The van der Waals surface area contributed by atoms with Crippen molar-refractivity contribution in [3.05, 3.63) is 29.8 Å². The van der Waals surface area contributed by atoms with Crippen molar-refractivity contribution in [2.45, 2.75) is 12.5 Å². The summed E-state index contributed by atoms with van der Waals surface area (Å²) >= 11 is 0. The van der Waals surface area contributed by atoms with Crippen LogP contribution in [0.3, 0.4) is 0 Å². The topological polar surface area (TPSA) is 59.3 Å². The number of phenolic OH excluding ortho intramolecular Hbond substituents is 1. The van der Waals surface area contributed by atoms with Gasteiger partial charge in [-0.25, -0.2) is 0 Å².